The van der Waals surface area contributed by atoms with Crippen molar-refractivity contribution in [3.05, 3.63) is 60.2 Å². The normalized spacial score (nSPS) is 20.6. The molecule has 1 amide bonds. The first-order chi connectivity index (χ1) is 14.8. The van der Waals surface area contributed by atoms with Gasteiger partial charge in [0.15, 0.2) is 0 Å². The zero-order valence-corrected chi connectivity index (χ0v) is 17.5. The third kappa shape index (κ3) is 4.07. The first-order valence-electron chi connectivity index (χ1n) is 11.3. The lowest BCUT2D eigenvalue weighted by Crippen LogP contribution is -2.47. The number of piperidine rings is 2. The highest BCUT2D eigenvalue weighted by molar-refractivity contribution is 5.80. The Morgan fingerprint density at radius 2 is 1.73 bits per heavy atom. The molecule has 1 N–H and O–H groups in total. The molecule has 1 aromatic heterocycles. The number of para-hydroxylation sites is 2. The highest BCUT2D eigenvalue weighted by Crippen LogP contribution is 2.27. The fourth-order valence-corrected chi connectivity index (χ4v) is 5.02. The number of anilines is 1. The van der Waals surface area contributed by atoms with Crippen LogP contribution in [0.15, 0.2) is 54.6 Å². The molecule has 0 unspecified atom stereocenters. The summed E-state index contributed by atoms with van der Waals surface area (Å²) >= 11 is 0. The molecule has 5 rings (SSSR count). The molecular formula is C25H30N4O. The van der Waals surface area contributed by atoms with Gasteiger partial charge in [0.05, 0.1) is 17.0 Å². The summed E-state index contributed by atoms with van der Waals surface area (Å²) in [5.41, 5.74) is 3.46. The number of nitrogens with one attached hydrogen (secondary N) is 1. The Hall–Kier alpha value is -2.82. The van der Waals surface area contributed by atoms with Crippen LogP contribution < -0.4 is 4.90 Å². The minimum atomic E-state index is 0.0811. The van der Waals surface area contributed by atoms with E-state index < -0.39 is 0 Å². The maximum absolute atomic E-state index is 13.2. The van der Waals surface area contributed by atoms with E-state index in [9.17, 15) is 4.79 Å². The SMILES string of the molecule is O=C([C@@H]1CCCN(c2nc3ccccc3[nH]2)C1)N1CCC(Cc2ccccc2)CC1. The first-order valence-corrected chi connectivity index (χ1v) is 11.3. The smallest absolute Gasteiger partial charge is 0.227 e. The Bertz CT molecular complexity index is 958. The number of carbonyl (C=O) groups is 1. The molecular weight excluding hydrogens is 372 g/mol. The van der Waals surface area contributed by atoms with Gasteiger partial charge >= 0.3 is 0 Å². The van der Waals surface area contributed by atoms with Crippen molar-refractivity contribution in [2.24, 2.45) is 11.8 Å². The summed E-state index contributed by atoms with van der Waals surface area (Å²) in [6.07, 6.45) is 5.38. The van der Waals surface area contributed by atoms with Crippen LogP contribution in [0, 0.1) is 11.8 Å². The standard InChI is InChI=1S/C25H30N4O/c30-24(28-15-12-20(13-16-28)17-19-7-2-1-3-8-19)21-9-6-14-29(18-21)25-26-22-10-4-5-11-23(22)27-25/h1-5,7-8,10-11,20-21H,6,9,12-18H2,(H,26,27)/t21-/m1/s1. The lowest BCUT2D eigenvalue weighted by atomic mass is 9.89. The molecule has 2 saturated heterocycles. The quantitative estimate of drug-likeness (QED) is 0.709. The van der Waals surface area contributed by atoms with Gasteiger partial charge in [0.2, 0.25) is 11.9 Å². The van der Waals surface area contributed by atoms with Gasteiger partial charge in [0.25, 0.3) is 0 Å². The van der Waals surface area contributed by atoms with Gasteiger partial charge in [0.1, 0.15) is 0 Å². The van der Waals surface area contributed by atoms with Gasteiger partial charge in [-0.2, -0.15) is 0 Å². The summed E-state index contributed by atoms with van der Waals surface area (Å²) in [6.45, 7) is 3.53. The second-order valence-electron chi connectivity index (χ2n) is 8.82. The van der Waals surface area contributed by atoms with Gasteiger partial charge < -0.3 is 14.8 Å². The van der Waals surface area contributed by atoms with Crippen LogP contribution in [0.1, 0.15) is 31.2 Å². The van der Waals surface area contributed by atoms with Crippen LogP contribution in [0.25, 0.3) is 11.0 Å². The van der Waals surface area contributed by atoms with E-state index in [4.69, 9.17) is 4.98 Å². The minimum absolute atomic E-state index is 0.0811. The van der Waals surface area contributed by atoms with Crippen LogP contribution in [-0.2, 0) is 11.2 Å². The van der Waals surface area contributed by atoms with Crippen LogP contribution in [0.2, 0.25) is 0 Å². The zero-order chi connectivity index (χ0) is 20.3. The molecule has 0 bridgehead atoms. The molecule has 2 aliphatic rings. The number of amides is 1. The van der Waals surface area contributed by atoms with Gasteiger partial charge in [-0.15, -0.1) is 0 Å². The average Bonchev–Trinajstić information content (AvgIpc) is 3.24. The van der Waals surface area contributed by atoms with Crippen LogP contribution in [0.4, 0.5) is 5.95 Å². The van der Waals surface area contributed by atoms with E-state index in [0.29, 0.717) is 11.8 Å². The van der Waals surface area contributed by atoms with E-state index in [1.54, 1.807) is 0 Å². The summed E-state index contributed by atoms with van der Waals surface area (Å²) in [7, 11) is 0. The Kier molecular flexibility index (Phi) is 5.43. The molecule has 3 aromatic rings. The third-order valence-electron chi connectivity index (χ3n) is 6.74. The van der Waals surface area contributed by atoms with Gasteiger partial charge in [0, 0.05) is 26.2 Å². The van der Waals surface area contributed by atoms with Crippen molar-refractivity contribution < 1.29 is 4.79 Å². The highest BCUT2D eigenvalue weighted by atomic mass is 16.2. The molecule has 5 nitrogen and oxygen atoms in total. The van der Waals surface area contributed by atoms with Crippen molar-refractivity contribution in [1.82, 2.24) is 14.9 Å². The average molecular weight is 403 g/mol. The van der Waals surface area contributed by atoms with Gasteiger partial charge in [-0.3, -0.25) is 4.79 Å². The predicted molar refractivity (Wildman–Crippen MR) is 120 cm³/mol. The summed E-state index contributed by atoms with van der Waals surface area (Å²) in [5.74, 6) is 2.01. The number of hydrogen-bond donors (Lipinski definition) is 1. The Labute approximate surface area is 178 Å². The molecule has 3 heterocycles. The molecule has 1 atom stereocenters. The van der Waals surface area contributed by atoms with E-state index in [-0.39, 0.29) is 5.92 Å². The Balaban J connectivity index is 1.18. The number of likely N-dealkylation sites (tertiary alicyclic amines) is 1. The molecule has 30 heavy (non-hydrogen) atoms. The number of hydrogen-bond acceptors (Lipinski definition) is 3. The number of H-pyrrole nitrogens is 1. The molecule has 156 valence electrons. The number of imidazole rings is 1. The van der Waals surface area contributed by atoms with Crippen molar-refractivity contribution in [3.8, 4) is 0 Å². The second-order valence-corrected chi connectivity index (χ2v) is 8.82. The number of benzene rings is 2. The van der Waals surface area contributed by atoms with Gasteiger partial charge in [-0.05, 0) is 55.7 Å². The second kappa shape index (κ2) is 8.50. The number of rotatable bonds is 4. The number of aromatic amines is 1. The number of fused-ring (bicyclic) bond motifs is 1. The lowest BCUT2D eigenvalue weighted by Gasteiger charge is -2.37. The highest BCUT2D eigenvalue weighted by Gasteiger charge is 2.32. The maximum atomic E-state index is 13.2. The molecule has 5 heteroatoms. The largest absolute Gasteiger partial charge is 0.342 e. The number of nitrogens with zero attached hydrogens (tertiary/aromatic N) is 3. The van der Waals surface area contributed by atoms with Gasteiger partial charge in [-0.25, -0.2) is 4.98 Å². The Morgan fingerprint density at radius 1 is 0.967 bits per heavy atom. The number of aromatic nitrogens is 2. The van der Waals surface area contributed by atoms with E-state index >= 15 is 0 Å². The fourth-order valence-electron chi connectivity index (χ4n) is 5.02. The van der Waals surface area contributed by atoms with Crippen LogP contribution in [0.5, 0.6) is 0 Å². The molecule has 0 spiro atoms. The monoisotopic (exact) mass is 402 g/mol. The van der Waals surface area contributed by atoms with Crippen LogP contribution in [0.3, 0.4) is 0 Å². The summed E-state index contributed by atoms with van der Waals surface area (Å²) in [4.78, 5) is 25.8. The summed E-state index contributed by atoms with van der Waals surface area (Å²) in [5, 5.41) is 0. The van der Waals surface area contributed by atoms with Crippen molar-refractivity contribution in [3.63, 3.8) is 0 Å². The van der Waals surface area contributed by atoms with Crippen molar-refractivity contribution in [2.75, 3.05) is 31.1 Å². The topological polar surface area (TPSA) is 52.2 Å². The van der Waals surface area contributed by atoms with E-state index in [1.165, 1.54) is 5.56 Å². The molecule has 0 saturated carbocycles. The zero-order valence-electron chi connectivity index (χ0n) is 17.5. The Morgan fingerprint density at radius 3 is 2.53 bits per heavy atom. The third-order valence-corrected chi connectivity index (χ3v) is 6.74. The van der Waals surface area contributed by atoms with E-state index in [2.05, 4.69) is 51.2 Å². The fraction of sp³-hybridized carbons (Fsp3) is 0.440. The molecule has 2 aliphatic heterocycles. The molecule has 0 aliphatic carbocycles. The molecule has 2 aromatic carbocycles. The van der Waals surface area contributed by atoms with E-state index in [0.717, 1.165) is 75.3 Å². The van der Waals surface area contributed by atoms with Crippen LogP contribution >= 0.6 is 0 Å². The number of carbonyl (C=O) groups excluding carboxylic acids is 1. The lowest BCUT2D eigenvalue weighted by molar-refractivity contribution is -0.137. The summed E-state index contributed by atoms with van der Waals surface area (Å²) in [6, 6.07) is 18.8. The van der Waals surface area contributed by atoms with Crippen molar-refractivity contribution in [2.45, 2.75) is 32.1 Å². The minimum Gasteiger partial charge on any atom is -0.342 e. The maximum Gasteiger partial charge on any atom is 0.227 e. The van der Waals surface area contributed by atoms with Crippen LogP contribution in [-0.4, -0.2) is 47.0 Å². The first kappa shape index (κ1) is 19.2. The van der Waals surface area contributed by atoms with Crippen molar-refractivity contribution >= 4 is 22.9 Å². The molecule has 2 fully saturated rings. The van der Waals surface area contributed by atoms with Crippen molar-refractivity contribution in [1.29, 1.82) is 0 Å². The predicted octanol–water partition coefficient (Wildman–Crippen LogP) is 4.26. The summed E-state index contributed by atoms with van der Waals surface area (Å²) < 4.78 is 0. The molecule has 0 radical (unpaired) electrons. The van der Waals surface area contributed by atoms with Gasteiger partial charge in [-0.1, -0.05) is 42.5 Å². The van der Waals surface area contributed by atoms with E-state index in [1.807, 2.05) is 18.2 Å².